The Morgan fingerprint density at radius 2 is 1.89 bits per heavy atom. The van der Waals surface area contributed by atoms with Crippen LogP contribution in [0.5, 0.6) is 11.5 Å². The fourth-order valence-electron chi connectivity index (χ4n) is 4.23. The van der Waals surface area contributed by atoms with E-state index in [2.05, 4.69) is 20.9 Å². The number of aromatic nitrogens is 1. The van der Waals surface area contributed by atoms with Crippen molar-refractivity contribution < 1.29 is 19.0 Å². The van der Waals surface area contributed by atoms with Gasteiger partial charge in [-0.2, -0.15) is 0 Å². The second-order valence-electron chi connectivity index (χ2n) is 8.53. The van der Waals surface area contributed by atoms with Crippen LogP contribution in [0.3, 0.4) is 0 Å². The molecule has 4 rings (SSSR count). The SMILES string of the molecule is CCOC(=O)C1=C(C)N=c2s/c(=C\c3cc(Br)c(OC)c(OC)c3)c(=O)n2[C@H]1c1ccc(N(C)C)cc1. The van der Waals surface area contributed by atoms with Gasteiger partial charge in [0.15, 0.2) is 16.3 Å². The van der Waals surface area contributed by atoms with Crippen molar-refractivity contribution in [3.8, 4) is 11.5 Å². The normalized spacial score (nSPS) is 15.2. The molecule has 1 aliphatic rings. The summed E-state index contributed by atoms with van der Waals surface area (Å²) in [4.78, 5) is 34.0. The number of fused-ring (bicyclic) bond motifs is 1. The smallest absolute Gasteiger partial charge is 0.338 e. The minimum atomic E-state index is -0.661. The third-order valence-electron chi connectivity index (χ3n) is 6.00. The summed E-state index contributed by atoms with van der Waals surface area (Å²) >= 11 is 4.78. The van der Waals surface area contributed by atoms with E-state index < -0.39 is 12.0 Å². The van der Waals surface area contributed by atoms with Gasteiger partial charge in [0, 0.05) is 19.8 Å². The summed E-state index contributed by atoms with van der Waals surface area (Å²) in [5, 5.41) is 0. The van der Waals surface area contributed by atoms with Crippen LogP contribution in [0, 0.1) is 0 Å². The molecule has 3 aromatic rings. The van der Waals surface area contributed by atoms with E-state index in [1.807, 2.05) is 49.3 Å². The van der Waals surface area contributed by atoms with E-state index in [1.165, 1.54) is 11.3 Å². The quantitative estimate of drug-likeness (QED) is 0.394. The van der Waals surface area contributed by atoms with Gasteiger partial charge >= 0.3 is 5.97 Å². The number of esters is 1. The summed E-state index contributed by atoms with van der Waals surface area (Å²) in [7, 11) is 7.04. The van der Waals surface area contributed by atoms with Gasteiger partial charge in [-0.3, -0.25) is 9.36 Å². The second-order valence-corrected chi connectivity index (χ2v) is 10.4. The van der Waals surface area contributed by atoms with Gasteiger partial charge < -0.3 is 19.1 Å². The molecule has 0 fully saturated rings. The van der Waals surface area contributed by atoms with Gasteiger partial charge in [0.05, 0.1) is 47.1 Å². The first-order valence-electron chi connectivity index (χ1n) is 11.6. The van der Waals surface area contributed by atoms with Crippen molar-refractivity contribution in [3.05, 3.63) is 83.0 Å². The van der Waals surface area contributed by atoms with E-state index in [0.717, 1.165) is 16.8 Å². The highest BCUT2D eigenvalue weighted by Crippen LogP contribution is 2.36. The molecule has 10 heteroatoms. The van der Waals surface area contributed by atoms with Crippen LogP contribution in [0.25, 0.3) is 6.08 Å². The maximum absolute atomic E-state index is 13.8. The number of halogens is 1. The molecular weight excluding hydrogens is 558 g/mol. The predicted octanol–water partition coefficient (Wildman–Crippen LogP) is 3.64. The molecule has 0 unspecified atom stereocenters. The van der Waals surface area contributed by atoms with E-state index in [4.69, 9.17) is 14.2 Å². The number of methoxy groups -OCH3 is 2. The van der Waals surface area contributed by atoms with Crippen LogP contribution in [-0.2, 0) is 9.53 Å². The van der Waals surface area contributed by atoms with Crippen molar-refractivity contribution in [1.29, 1.82) is 0 Å². The monoisotopic (exact) mass is 585 g/mol. The molecule has 0 N–H and O–H groups in total. The van der Waals surface area contributed by atoms with Crippen molar-refractivity contribution in [3.63, 3.8) is 0 Å². The zero-order valence-corrected chi connectivity index (χ0v) is 23.9. The lowest BCUT2D eigenvalue weighted by atomic mass is 9.95. The Morgan fingerprint density at radius 3 is 2.49 bits per heavy atom. The number of benzene rings is 2. The van der Waals surface area contributed by atoms with Crippen LogP contribution in [0.2, 0.25) is 0 Å². The van der Waals surface area contributed by atoms with Gasteiger partial charge in [-0.15, -0.1) is 0 Å². The standard InChI is InChI=1S/C27H28BrN3O5S/c1-7-36-26(33)22-15(2)29-27-31(23(22)17-8-10-18(11-9-17)30(3)4)25(32)21(37-27)14-16-12-19(28)24(35-6)20(13-16)34-5/h8-14,23H,7H2,1-6H3/b21-14-/t23-/m0/s1. The Hall–Kier alpha value is -3.37. The van der Waals surface area contributed by atoms with Crippen LogP contribution in [-0.4, -0.2) is 45.5 Å². The Balaban J connectivity index is 1.93. The Kier molecular flexibility index (Phi) is 7.89. The second kappa shape index (κ2) is 10.9. The molecule has 0 saturated heterocycles. The molecule has 0 spiro atoms. The molecule has 0 saturated carbocycles. The Morgan fingerprint density at radius 1 is 1.19 bits per heavy atom. The van der Waals surface area contributed by atoms with E-state index >= 15 is 0 Å². The third-order valence-corrected chi connectivity index (χ3v) is 7.57. The molecule has 8 nitrogen and oxygen atoms in total. The van der Waals surface area contributed by atoms with Crippen LogP contribution in [0.1, 0.15) is 31.0 Å². The predicted molar refractivity (Wildman–Crippen MR) is 148 cm³/mol. The van der Waals surface area contributed by atoms with Crippen molar-refractivity contribution in [2.75, 3.05) is 39.8 Å². The number of rotatable bonds is 7. The summed E-state index contributed by atoms with van der Waals surface area (Å²) in [6.07, 6.45) is 1.78. The summed E-state index contributed by atoms with van der Waals surface area (Å²) in [5.74, 6) is 0.621. The summed E-state index contributed by atoms with van der Waals surface area (Å²) in [6, 6.07) is 10.8. The molecule has 0 aliphatic carbocycles. The van der Waals surface area contributed by atoms with Gasteiger partial charge in [0.2, 0.25) is 0 Å². The molecule has 0 bridgehead atoms. The number of hydrogen-bond acceptors (Lipinski definition) is 8. The number of nitrogens with zero attached hydrogens (tertiary/aromatic N) is 3. The Bertz CT molecular complexity index is 1550. The van der Waals surface area contributed by atoms with Crippen molar-refractivity contribution in [1.82, 2.24) is 4.57 Å². The lowest BCUT2D eigenvalue weighted by molar-refractivity contribution is -0.139. The number of allylic oxidation sites excluding steroid dienone is 1. The molecule has 2 aromatic carbocycles. The first-order chi connectivity index (χ1) is 17.7. The van der Waals surface area contributed by atoms with E-state index in [-0.39, 0.29) is 12.2 Å². The number of hydrogen-bond donors (Lipinski definition) is 0. The van der Waals surface area contributed by atoms with Gasteiger partial charge in [-0.25, -0.2) is 9.79 Å². The minimum absolute atomic E-state index is 0.223. The highest BCUT2D eigenvalue weighted by molar-refractivity contribution is 9.10. The van der Waals surface area contributed by atoms with E-state index in [9.17, 15) is 9.59 Å². The lowest BCUT2D eigenvalue weighted by Crippen LogP contribution is -2.39. The highest BCUT2D eigenvalue weighted by Gasteiger charge is 2.33. The van der Waals surface area contributed by atoms with Gasteiger partial charge in [0.25, 0.3) is 5.56 Å². The fourth-order valence-corrected chi connectivity index (χ4v) is 5.90. The topological polar surface area (TPSA) is 82.4 Å². The molecule has 1 aromatic heterocycles. The first kappa shape index (κ1) is 26.7. The van der Waals surface area contributed by atoms with E-state index in [1.54, 1.807) is 44.8 Å². The zero-order chi connectivity index (χ0) is 26.9. The number of thiazole rings is 1. The number of anilines is 1. The molecule has 0 radical (unpaired) electrons. The average Bonchev–Trinajstić information content (AvgIpc) is 3.17. The number of ether oxygens (including phenoxy) is 3. The maximum atomic E-state index is 13.8. The molecule has 1 aliphatic heterocycles. The summed E-state index contributed by atoms with van der Waals surface area (Å²) < 4.78 is 19.0. The summed E-state index contributed by atoms with van der Waals surface area (Å²) in [5.41, 5.74) is 3.20. The van der Waals surface area contributed by atoms with Crippen molar-refractivity contribution in [2.45, 2.75) is 19.9 Å². The largest absolute Gasteiger partial charge is 0.493 e. The first-order valence-corrected chi connectivity index (χ1v) is 13.2. The van der Waals surface area contributed by atoms with Crippen molar-refractivity contribution >= 4 is 45.0 Å². The van der Waals surface area contributed by atoms with Gasteiger partial charge in [-0.05, 0) is 71.2 Å². The number of carbonyl (C=O) groups excluding carboxylic acids is 1. The molecule has 0 amide bonds. The summed E-state index contributed by atoms with van der Waals surface area (Å²) in [6.45, 7) is 3.75. The molecule has 194 valence electrons. The molecule has 37 heavy (non-hydrogen) atoms. The van der Waals surface area contributed by atoms with Gasteiger partial charge in [0.1, 0.15) is 0 Å². The van der Waals surface area contributed by atoms with Crippen LogP contribution >= 0.6 is 27.3 Å². The third kappa shape index (κ3) is 5.08. The van der Waals surface area contributed by atoms with Crippen molar-refractivity contribution in [2.24, 2.45) is 4.99 Å². The molecule has 2 heterocycles. The zero-order valence-electron chi connectivity index (χ0n) is 21.5. The minimum Gasteiger partial charge on any atom is -0.493 e. The average molecular weight is 587 g/mol. The lowest BCUT2D eigenvalue weighted by Gasteiger charge is -2.25. The van der Waals surface area contributed by atoms with E-state index in [0.29, 0.717) is 36.6 Å². The van der Waals surface area contributed by atoms with Crippen LogP contribution in [0.15, 0.2) is 61.9 Å². The fraction of sp³-hybridized carbons (Fsp3) is 0.296. The van der Waals surface area contributed by atoms with Crippen LogP contribution < -0.4 is 29.3 Å². The molecular formula is C27H28BrN3O5S. The van der Waals surface area contributed by atoms with Gasteiger partial charge in [-0.1, -0.05) is 23.5 Å². The van der Waals surface area contributed by atoms with Crippen LogP contribution in [0.4, 0.5) is 5.69 Å². The maximum Gasteiger partial charge on any atom is 0.338 e. The number of carbonyl (C=O) groups is 1. The Labute approximate surface area is 227 Å². The highest BCUT2D eigenvalue weighted by atomic mass is 79.9. The molecule has 1 atom stereocenters.